The van der Waals surface area contributed by atoms with Crippen LogP contribution in [0.4, 0.5) is 0 Å². The fourth-order valence-corrected chi connectivity index (χ4v) is 4.44. The number of H-pyrrole nitrogens is 1. The van der Waals surface area contributed by atoms with Gasteiger partial charge in [0, 0.05) is 25.2 Å². The third-order valence-corrected chi connectivity index (χ3v) is 6.03. The minimum atomic E-state index is -0.0940. The summed E-state index contributed by atoms with van der Waals surface area (Å²) < 4.78 is 18.5. The van der Waals surface area contributed by atoms with Crippen LogP contribution >= 0.6 is 0 Å². The van der Waals surface area contributed by atoms with Crippen LogP contribution in [-0.4, -0.2) is 53.8 Å². The molecule has 5 rings (SSSR count). The Morgan fingerprint density at radius 2 is 1.94 bits per heavy atom. The maximum Gasteiger partial charge on any atom is 0.326 e. The molecular weight excluding hydrogens is 410 g/mol. The molecule has 1 aromatic heterocycles. The number of piperidine rings is 1. The number of benzene rings is 2. The van der Waals surface area contributed by atoms with Crippen LogP contribution in [0, 0.1) is 0 Å². The average molecular weight is 435 g/mol. The number of carbonyl (C=O) groups is 1. The summed E-state index contributed by atoms with van der Waals surface area (Å²) in [6, 6.07) is 11.5. The Hall–Kier alpha value is -3.68. The van der Waals surface area contributed by atoms with Crippen molar-refractivity contribution in [3.63, 3.8) is 0 Å². The molecule has 8 heteroatoms. The number of imidazole rings is 1. The summed E-state index contributed by atoms with van der Waals surface area (Å²) >= 11 is 0. The van der Waals surface area contributed by atoms with E-state index in [1.807, 2.05) is 45.9 Å². The Bertz CT molecular complexity index is 1220. The molecule has 3 aromatic rings. The molecule has 0 unspecified atom stereocenters. The fraction of sp³-hybridized carbons (Fsp3) is 0.333. The third kappa shape index (κ3) is 3.72. The molecule has 0 saturated carbocycles. The molecular formula is C24H25N3O5. The van der Waals surface area contributed by atoms with Gasteiger partial charge in [0.05, 0.1) is 18.1 Å². The van der Waals surface area contributed by atoms with Crippen LogP contribution < -0.4 is 19.9 Å². The van der Waals surface area contributed by atoms with Gasteiger partial charge in [0.25, 0.3) is 0 Å². The highest BCUT2D eigenvalue weighted by atomic mass is 16.6. The van der Waals surface area contributed by atoms with Crippen LogP contribution in [0.1, 0.15) is 24.4 Å². The normalized spacial score (nSPS) is 16.6. The lowest BCUT2D eigenvalue weighted by Gasteiger charge is -2.32. The highest BCUT2D eigenvalue weighted by molar-refractivity contribution is 5.92. The molecule has 1 saturated heterocycles. The molecule has 1 N–H and O–H groups in total. The molecule has 2 aliphatic rings. The first kappa shape index (κ1) is 20.2. The zero-order valence-electron chi connectivity index (χ0n) is 17.9. The first-order valence-corrected chi connectivity index (χ1v) is 10.8. The maximum absolute atomic E-state index is 12.8. The number of ether oxygens (including phenoxy) is 3. The van der Waals surface area contributed by atoms with Gasteiger partial charge in [-0.15, -0.1) is 0 Å². The van der Waals surface area contributed by atoms with Crippen molar-refractivity contribution in [2.45, 2.75) is 18.9 Å². The van der Waals surface area contributed by atoms with Gasteiger partial charge >= 0.3 is 5.69 Å². The Balaban J connectivity index is 1.26. The lowest BCUT2D eigenvalue weighted by Crippen LogP contribution is -2.39. The van der Waals surface area contributed by atoms with Crippen LogP contribution in [0.25, 0.3) is 17.1 Å². The summed E-state index contributed by atoms with van der Waals surface area (Å²) in [4.78, 5) is 30.0. The molecule has 32 heavy (non-hydrogen) atoms. The first-order valence-electron chi connectivity index (χ1n) is 10.8. The Morgan fingerprint density at radius 3 is 2.75 bits per heavy atom. The van der Waals surface area contributed by atoms with Crippen LogP contribution in [0.15, 0.2) is 47.3 Å². The molecule has 8 nitrogen and oxygen atoms in total. The topological polar surface area (TPSA) is 85.8 Å². The van der Waals surface area contributed by atoms with Gasteiger partial charge in [-0.05, 0) is 48.7 Å². The van der Waals surface area contributed by atoms with Gasteiger partial charge in [0.1, 0.15) is 13.2 Å². The standard InChI is InChI=1S/C24H25N3O5/c1-30-20-14-16(15-21-23(20)32-13-12-31-21)6-7-22(28)26-10-8-17(9-11-26)27-19-5-3-2-4-18(19)25-24(27)29/h2-7,14-15,17H,8-13H2,1H3,(H,25,29)/b7-6+. The van der Waals surface area contributed by atoms with Gasteiger partial charge in [0.2, 0.25) is 11.7 Å². The number of para-hydroxylation sites is 2. The highest BCUT2D eigenvalue weighted by Crippen LogP contribution is 2.40. The summed E-state index contributed by atoms with van der Waals surface area (Å²) in [5.74, 6) is 1.74. The van der Waals surface area contributed by atoms with Crippen LogP contribution in [0.2, 0.25) is 0 Å². The van der Waals surface area contributed by atoms with Crippen molar-refractivity contribution in [3.05, 3.63) is 58.5 Å². The Labute approximate surface area is 185 Å². The Kier molecular flexibility index (Phi) is 5.34. The summed E-state index contributed by atoms with van der Waals surface area (Å²) in [6.07, 6.45) is 4.81. The van der Waals surface area contributed by atoms with E-state index in [-0.39, 0.29) is 17.6 Å². The predicted molar refractivity (Wildman–Crippen MR) is 120 cm³/mol. The van der Waals surface area contributed by atoms with Gasteiger partial charge in [0.15, 0.2) is 11.5 Å². The summed E-state index contributed by atoms with van der Waals surface area (Å²) in [7, 11) is 1.58. The number of nitrogens with one attached hydrogen (secondary N) is 1. The number of aromatic nitrogens is 2. The lowest BCUT2D eigenvalue weighted by molar-refractivity contribution is -0.127. The van der Waals surface area contributed by atoms with E-state index in [4.69, 9.17) is 14.2 Å². The van der Waals surface area contributed by atoms with Crippen molar-refractivity contribution < 1.29 is 19.0 Å². The molecule has 0 spiro atoms. The molecule has 0 aliphatic carbocycles. The predicted octanol–water partition coefficient (Wildman–Crippen LogP) is 2.99. The number of fused-ring (bicyclic) bond motifs is 2. The van der Waals surface area contributed by atoms with E-state index in [0.29, 0.717) is 43.6 Å². The zero-order chi connectivity index (χ0) is 22.1. The van der Waals surface area contributed by atoms with E-state index in [9.17, 15) is 9.59 Å². The van der Waals surface area contributed by atoms with Gasteiger partial charge < -0.3 is 24.1 Å². The van der Waals surface area contributed by atoms with Crippen LogP contribution in [0.5, 0.6) is 17.2 Å². The third-order valence-electron chi connectivity index (χ3n) is 6.03. The van der Waals surface area contributed by atoms with Crippen molar-refractivity contribution >= 4 is 23.0 Å². The molecule has 3 heterocycles. The van der Waals surface area contributed by atoms with Gasteiger partial charge in [-0.25, -0.2) is 4.79 Å². The first-order chi connectivity index (χ1) is 15.6. The van der Waals surface area contributed by atoms with E-state index >= 15 is 0 Å². The zero-order valence-corrected chi connectivity index (χ0v) is 17.9. The lowest BCUT2D eigenvalue weighted by atomic mass is 10.0. The number of amides is 1. The van der Waals surface area contributed by atoms with E-state index < -0.39 is 0 Å². The van der Waals surface area contributed by atoms with E-state index in [0.717, 1.165) is 29.4 Å². The number of likely N-dealkylation sites (tertiary alicyclic amines) is 1. The number of aromatic amines is 1. The van der Waals surface area contributed by atoms with Crippen LogP contribution in [-0.2, 0) is 4.79 Å². The molecule has 0 atom stereocenters. The van der Waals surface area contributed by atoms with Gasteiger partial charge in [-0.2, -0.15) is 0 Å². The number of rotatable bonds is 4. The molecule has 1 fully saturated rings. The van der Waals surface area contributed by atoms with Crippen molar-refractivity contribution in [2.24, 2.45) is 0 Å². The number of methoxy groups -OCH3 is 1. The summed E-state index contributed by atoms with van der Waals surface area (Å²) in [5, 5.41) is 0. The Morgan fingerprint density at radius 1 is 1.16 bits per heavy atom. The van der Waals surface area contributed by atoms with E-state index in [1.54, 1.807) is 19.3 Å². The number of hydrogen-bond acceptors (Lipinski definition) is 5. The number of nitrogens with zero attached hydrogens (tertiary/aromatic N) is 2. The van der Waals surface area contributed by atoms with E-state index in [1.165, 1.54) is 0 Å². The minimum Gasteiger partial charge on any atom is -0.493 e. The molecule has 166 valence electrons. The van der Waals surface area contributed by atoms with Gasteiger partial charge in [-0.3, -0.25) is 9.36 Å². The quantitative estimate of drug-likeness (QED) is 0.637. The molecule has 0 radical (unpaired) electrons. The second-order valence-corrected chi connectivity index (χ2v) is 7.95. The summed E-state index contributed by atoms with van der Waals surface area (Å²) in [5.41, 5.74) is 2.46. The van der Waals surface area contributed by atoms with Crippen molar-refractivity contribution in [2.75, 3.05) is 33.4 Å². The SMILES string of the molecule is COc1cc(/C=C/C(=O)N2CCC(n3c(=O)[nH]c4ccccc43)CC2)cc2c1OCCO2. The molecule has 2 aliphatic heterocycles. The molecule has 1 amide bonds. The van der Waals surface area contributed by atoms with Crippen molar-refractivity contribution in [3.8, 4) is 17.2 Å². The monoisotopic (exact) mass is 435 g/mol. The van der Waals surface area contributed by atoms with Crippen LogP contribution in [0.3, 0.4) is 0 Å². The van der Waals surface area contributed by atoms with Crippen molar-refractivity contribution in [1.82, 2.24) is 14.5 Å². The van der Waals surface area contributed by atoms with Crippen molar-refractivity contribution in [1.29, 1.82) is 0 Å². The molecule has 0 bridgehead atoms. The average Bonchev–Trinajstić information content (AvgIpc) is 3.17. The largest absolute Gasteiger partial charge is 0.493 e. The number of carbonyl (C=O) groups excluding carboxylic acids is 1. The maximum atomic E-state index is 12.8. The van der Waals surface area contributed by atoms with Gasteiger partial charge in [-0.1, -0.05) is 12.1 Å². The fourth-order valence-electron chi connectivity index (χ4n) is 4.44. The second kappa shape index (κ2) is 8.45. The second-order valence-electron chi connectivity index (χ2n) is 7.95. The minimum absolute atomic E-state index is 0.0522. The highest BCUT2D eigenvalue weighted by Gasteiger charge is 2.25. The smallest absolute Gasteiger partial charge is 0.326 e. The van der Waals surface area contributed by atoms with E-state index in [2.05, 4.69) is 4.98 Å². The summed E-state index contributed by atoms with van der Waals surface area (Å²) in [6.45, 7) is 2.17. The number of hydrogen-bond donors (Lipinski definition) is 1. The molecule has 2 aromatic carbocycles.